The SMILES string of the molecule is N[C@H](c1ccsc1)C1CCOCC1. The Labute approximate surface area is 82.7 Å². The van der Waals surface area contributed by atoms with Gasteiger partial charge in [-0.2, -0.15) is 11.3 Å². The number of ether oxygens (including phenoxy) is 1. The van der Waals surface area contributed by atoms with Gasteiger partial charge in [0.05, 0.1) is 0 Å². The van der Waals surface area contributed by atoms with Crippen LogP contribution in [0.5, 0.6) is 0 Å². The first-order valence-electron chi connectivity index (χ1n) is 4.73. The second kappa shape index (κ2) is 4.22. The van der Waals surface area contributed by atoms with Gasteiger partial charge in [-0.25, -0.2) is 0 Å². The molecular weight excluding hydrogens is 182 g/mol. The van der Waals surface area contributed by atoms with Crippen LogP contribution in [0.4, 0.5) is 0 Å². The van der Waals surface area contributed by atoms with E-state index in [2.05, 4.69) is 16.8 Å². The van der Waals surface area contributed by atoms with Gasteiger partial charge in [-0.3, -0.25) is 0 Å². The topological polar surface area (TPSA) is 35.2 Å². The molecule has 0 aliphatic carbocycles. The van der Waals surface area contributed by atoms with E-state index in [1.54, 1.807) is 11.3 Å². The summed E-state index contributed by atoms with van der Waals surface area (Å²) in [5.41, 5.74) is 7.45. The Balaban J connectivity index is 1.99. The molecule has 1 aliphatic rings. The van der Waals surface area contributed by atoms with Crippen molar-refractivity contribution in [2.24, 2.45) is 11.7 Å². The van der Waals surface area contributed by atoms with Crippen molar-refractivity contribution in [1.29, 1.82) is 0 Å². The van der Waals surface area contributed by atoms with Crippen molar-refractivity contribution in [3.05, 3.63) is 22.4 Å². The number of thiophene rings is 1. The van der Waals surface area contributed by atoms with Gasteiger partial charge >= 0.3 is 0 Å². The zero-order valence-corrected chi connectivity index (χ0v) is 8.43. The molecule has 72 valence electrons. The van der Waals surface area contributed by atoms with Gasteiger partial charge in [-0.05, 0) is 41.1 Å². The first-order valence-corrected chi connectivity index (χ1v) is 5.67. The molecule has 2 heterocycles. The summed E-state index contributed by atoms with van der Waals surface area (Å²) >= 11 is 1.72. The largest absolute Gasteiger partial charge is 0.381 e. The maximum absolute atomic E-state index is 6.17. The van der Waals surface area contributed by atoms with Crippen molar-refractivity contribution in [2.75, 3.05) is 13.2 Å². The average molecular weight is 197 g/mol. The van der Waals surface area contributed by atoms with E-state index in [1.165, 1.54) is 5.56 Å². The normalized spacial score (nSPS) is 21.6. The first-order chi connectivity index (χ1) is 6.38. The van der Waals surface area contributed by atoms with Crippen molar-refractivity contribution >= 4 is 11.3 Å². The van der Waals surface area contributed by atoms with Crippen LogP contribution in [0.25, 0.3) is 0 Å². The number of hydrogen-bond donors (Lipinski definition) is 1. The molecule has 0 saturated carbocycles. The third kappa shape index (κ3) is 2.10. The molecule has 0 bridgehead atoms. The number of rotatable bonds is 2. The Bertz CT molecular complexity index is 241. The van der Waals surface area contributed by atoms with Gasteiger partial charge in [0.1, 0.15) is 0 Å². The van der Waals surface area contributed by atoms with E-state index < -0.39 is 0 Å². The highest BCUT2D eigenvalue weighted by Gasteiger charge is 2.22. The maximum atomic E-state index is 6.17. The lowest BCUT2D eigenvalue weighted by molar-refractivity contribution is 0.0584. The van der Waals surface area contributed by atoms with Crippen molar-refractivity contribution in [1.82, 2.24) is 0 Å². The smallest absolute Gasteiger partial charge is 0.0469 e. The van der Waals surface area contributed by atoms with Crippen LogP contribution in [-0.2, 0) is 4.74 Å². The zero-order valence-electron chi connectivity index (χ0n) is 7.61. The molecule has 0 amide bonds. The Hall–Kier alpha value is -0.380. The van der Waals surface area contributed by atoms with Gasteiger partial charge < -0.3 is 10.5 Å². The first kappa shape index (κ1) is 9.19. The Morgan fingerprint density at radius 3 is 2.85 bits per heavy atom. The summed E-state index contributed by atoms with van der Waals surface area (Å²) < 4.78 is 5.31. The molecule has 1 saturated heterocycles. The highest BCUT2D eigenvalue weighted by atomic mass is 32.1. The molecule has 3 heteroatoms. The van der Waals surface area contributed by atoms with Crippen LogP contribution in [-0.4, -0.2) is 13.2 Å². The third-order valence-corrected chi connectivity index (χ3v) is 3.40. The van der Waals surface area contributed by atoms with Crippen molar-refractivity contribution in [2.45, 2.75) is 18.9 Å². The summed E-state index contributed by atoms with van der Waals surface area (Å²) in [6, 6.07) is 2.35. The van der Waals surface area contributed by atoms with Gasteiger partial charge in [0.25, 0.3) is 0 Å². The van der Waals surface area contributed by atoms with Crippen LogP contribution in [0, 0.1) is 5.92 Å². The molecule has 2 N–H and O–H groups in total. The third-order valence-electron chi connectivity index (χ3n) is 2.70. The van der Waals surface area contributed by atoms with Crippen LogP contribution in [0.2, 0.25) is 0 Å². The van der Waals surface area contributed by atoms with E-state index in [-0.39, 0.29) is 6.04 Å². The van der Waals surface area contributed by atoms with Crippen molar-refractivity contribution in [3.63, 3.8) is 0 Å². The molecule has 0 spiro atoms. The highest BCUT2D eigenvalue weighted by molar-refractivity contribution is 7.07. The Morgan fingerprint density at radius 2 is 2.23 bits per heavy atom. The zero-order chi connectivity index (χ0) is 9.10. The minimum Gasteiger partial charge on any atom is -0.381 e. The lowest BCUT2D eigenvalue weighted by atomic mass is 9.89. The van der Waals surface area contributed by atoms with Gasteiger partial charge in [0, 0.05) is 19.3 Å². The number of nitrogens with two attached hydrogens (primary N) is 1. The van der Waals surface area contributed by atoms with E-state index in [9.17, 15) is 0 Å². The van der Waals surface area contributed by atoms with Gasteiger partial charge in [-0.15, -0.1) is 0 Å². The molecule has 2 rings (SSSR count). The summed E-state index contributed by atoms with van der Waals surface area (Å²) in [5, 5.41) is 4.24. The minimum atomic E-state index is 0.218. The summed E-state index contributed by atoms with van der Waals surface area (Å²) in [4.78, 5) is 0. The molecule has 2 nitrogen and oxygen atoms in total. The quantitative estimate of drug-likeness (QED) is 0.788. The molecule has 0 radical (unpaired) electrons. The van der Waals surface area contributed by atoms with E-state index in [0.29, 0.717) is 5.92 Å². The van der Waals surface area contributed by atoms with E-state index in [0.717, 1.165) is 26.1 Å². The van der Waals surface area contributed by atoms with Crippen LogP contribution in [0.3, 0.4) is 0 Å². The van der Waals surface area contributed by atoms with Gasteiger partial charge in [0.15, 0.2) is 0 Å². The molecule has 13 heavy (non-hydrogen) atoms. The van der Waals surface area contributed by atoms with Crippen LogP contribution in [0.15, 0.2) is 16.8 Å². The summed E-state index contributed by atoms with van der Waals surface area (Å²) in [6.45, 7) is 1.75. The predicted molar refractivity (Wildman–Crippen MR) is 54.8 cm³/mol. The lowest BCUT2D eigenvalue weighted by Crippen LogP contribution is -2.27. The standard InChI is InChI=1S/C10H15NOS/c11-10(9-3-6-13-7-9)8-1-4-12-5-2-8/h3,6-8,10H,1-2,4-5,11H2/t10-/m0/s1. The van der Waals surface area contributed by atoms with Crippen LogP contribution >= 0.6 is 11.3 Å². The monoisotopic (exact) mass is 197 g/mol. The molecule has 1 fully saturated rings. The van der Waals surface area contributed by atoms with Gasteiger partial charge in [-0.1, -0.05) is 0 Å². The fourth-order valence-corrected chi connectivity index (χ4v) is 2.52. The summed E-state index contributed by atoms with van der Waals surface area (Å²) in [7, 11) is 0. The van der Waals surface area contributed by atoms with E-state index >= 15 is 0 Å². The molecule has 0 aromatic carbocycles. The van der Waals surface area contributed by atoms with E-state index in [4.69, 9.17) is 10.5 Å². The fraction of sp³-hybridized carbons (Fsp3) is 0.600. The summed E-state index contributed by atoms with van der Waals surface area (Å²) in [6.07, 6.45) is 2.22. The molecule has 1 atom stereocenters. The van der Waals surface area contributed by atoms with Crippen molar-refractivity contribution in [3.8, 4) is 0 Å². The summed E-state index contributed by atoms with van der Waals surface area (Å²) in [5.74, 6) is 0.614. The fourth-order valence-electron chi connectivity index (χ4n) is 1.81. The molecule has 1 aromatic rings. The molecule has 1 aromatic heterocycles. The maximum Gasteiger partial charge on any atom is 0.0469 e. The second-order valence-corrected chi connectivity index (χ2v) is 4.31. The average Bonchev–Trinajstić information content (AvgIpc) is 2.71. The molecule has 0 unspecified atom stereocenters. The highest BCUT2D eigenvalue weighted by Crippen LogP contribution is 2.28. The molecular formula is C10H15NOS. The van der Waals surface area contributed by atoms with E-state index in [1.807, 2.05) is 0 Å². The van der Waals surface area contributed by atoms with Gasteiger partial charge in [0.2, 0.25) is 0 Å². The van der Waals surface area contributed by atoms with Crippen molar-refractivity contribution < 1.29 is 4.74 Å². The Kier molecular flexibility index (Phi) is 2.98. The Morgan fingerprint density at radius 1 is 1.46 bits per heavy atom. The second-order valence-electron chi connectivity index (χ2n) is 3.53. The minimum absolute atomic E-state index is 0.218. The number of hydrogen-bond acceptors (Lipinski definition) is 3. The molecule has 1 aliphatic heterocycles. The van der Waals surface area contributed by atoms with Crippen LogP contribution in [0.1, 0.15) is 24.4 Å². The lowest BCUT2D eigenvalue weighted by Gasteiger charge is -2.27. The van der Waals surface area contributed by atoms with Crippen LogP contribution < -0.4 is 5.73 Å². The predicted octanol–water partition coefficient (Wildman–Crippen LogP) is 2.17.